The Morgan fingerprint density at radius 2 is 1.50 bits per heavy atom. The van der Waals surface area contributed by atoms with Crippen molar-refractivity contribution in [2.24, 2.45) is 17.8 Å². The molecule has 1 N–H and O–H groups in total. The van der Waals surface area contributed by atoms with Gasteiger partial charge < -0.3 is 0 Å². The van der Waals surface area contributed by atoms with Crippen molar-refractivity contribution in [1.29, 1.82) is 0 Å². The average molecular weight is 466 g/mol. The predicted molar refractivity (Wildman–Crippen MR) is 82.8 cm³/mol. The summed E-state index contributed by atoms with van der Waals surface area (Å²) in [6.45, 7) is 0. The Kier molecular flexibility index (Phi) is 4.06. The number of rotatable bonds is 3. The lowest BCUT2D eigenvalue weighted by Crippen LogP contribution is -2.59. The molecule has 4 saturated carbocycles. The first kappa shape index (κ1) is 14.4. The molecule has 3 nitrogen and oxygen atoms in total. The van der Waals surface area contributed by atoms with Crippen molar-refractivity contribution in [2.75, 3.05) is 0 Å². The molecule has 18 heavy (non-hydrogen) atoms. The fourth-order valence-electron chi connectivity index (χ4n) is 4.52. The molecule has 1 atom stereocenters. The molecule has 104 valence electrons. The maximum Gasteiger partial charge on any atom is 0.249 e. The summed E-state index contributed by atoms with van der Waals surface area (Å²) in [6.07, 6.45) is 7.63. The minimum absolute atomic E-state index is 0.0534. The topological polar surface area (TPSA) is 38.3 Å². The standard InChI is InChI=1S/C11H16Br3NO2S/c12-11(13,14)17-18(16)15-10-4-7-1-8(5-10)3-9(2-7)6-10/h7-9,15H,1-6H2. The van der Waals surface area contributed by atoms with E-state index in [1.54, 1.807) is 0 Å². The molecule has 0 radical (unpaired) electrons. The van der Waals surface area contributed by atoms with E-state index in [9.17, 15) is 4.21 Å². The van der Waals surface area contributed by atoms with E-state index in [4.69, 9.17) is 4.18 Å². The Balaban J connectivity index is 1.67. The summed E-state index contributed by atoms with van der Waals surface area (Å²) >= 11 is 8.13. The summed E-state index contributed by atoms with van der Waals surface area (Å²) in [6, 6.07) is 0. The Hall–Kier alpha value is 1.51. The first-order valence-electron chi connectivity index (χ1n) is 6.29. The molecular weight excluding hydrogens is 450 g/mol. The van der Waals surface area contributed by atoms with Crippen LogP contribution in [0, 0.1) is 17.8 Å². The van der Waals surface area contributed by atoms with Gasteiger partial charge in [-0.15, -0.1) is 0 Å². The zero-order chi connectivity index (χ0) is 13.0. The third kappa shape index (κ3) is 3.22. The molecule has 0 heterocycles. The van der Waals surface area contributed by atoms with Gasteiger partial charge in [0.05, 0.1) is 0 Å². The van der Waals surface area contributed by atoms with Gasteiger partial charge in [-0.1, -0.05) is 0 Å². The van der Waals surface area contributed by atoms with Crippen molar-refractivity contribution in [3.05, 3.63) is 0 Å². The van der Waals surface area contributed by atoms with E-state index < -0.39 is 13.6 Å². The highest BCUT2D eigenvalue weighted by Gasteiger charge is 2.51. The van der Waals surface area contributed by atoms with Gasteiger partial charge >= 0.3 is 0 Å². The molecule has 0 aromatic rings. The minimum atomic E-state index is -1.49. The number of nitrogens with one attached hydrogen (secondary N) is 1. The molecule has 4 rings (SSSR count). The van der Waals surface area contributed by atoms with Crippen LogP contribution in [-0.4, -0.2) is 12.1 Å². The van der Waals surface area contributed by atoms with E-state index >= 15 is 0 Å². The summed E-state index contributed by atoms with van der Waals surface area (Å²) in [5.41, 5.74) is 0.0534. The van der Waals surface area contributed by atoms with Crippen molar-refractivity contribution in [3.8, 4) is 0 Å². The van der Waals surface area contributed by atoms with Gasteiger partial charge in [-0.25, -0.2) is 13.1 Å². The number of hydrogen-bond acceptors (Lipinski definition) is 2. The van der Waals surface area contributed by atoms with E-state index in [-0.39, 0.29) is 5.54 Å². The van der Waals surface area contributed by atoms with Crippen LogP contribution in [0.2, 0.25) is 0 Å². The molecule has 0 amide bonds. The van der Waals surface area contributed by atoms with Gasteiger partial charge in [0, 0.05) is 5.54 Å². The molecular formula is C11H16Br3NO2S. The van der Waals surface area contributed by atoms with Crippen LogP contribution in [0.15, 0.2) is 0 Å². The lowest BCUT2D eigenvalue weighted by atomic mass is 9.53. The molecule has 7 heteroatoms. The normalized spacial score (nSPS) is 44.3. The van der Waals surface area contributed by atoms with E-state index in [2.05, 4.69) is 52.5 Å². The van der Waals surface area contributed by atoms with Gasteiger partial charge in [-0.2, -0.15) is 0 Å². The van der Waals surface area contributed by atoms with Crippen LogP contribution in [0.5, 0.6) is 0 Å². The SMILES string of the molecule is O=S(NC12CC3CC(CC(C3)C1)C2)OC(Br)(Br)Br. The molecule has 4 aliphatic carbocycles. The highest BCUT2D eigenvalue weighted by molar-refractivity contribution is 9.39. The lowest BCUT2D eigenvalue weighted by Gasteiger charge is -2.56. The fourth-order valence-corrected chi connectivity index (χ4v) is 6.42. The second-order valence-electron chi connectivity index (χ2n) is 6.06. The van der Waals surface area contributed by atoms with Crippen LogP contribution in [0.3, 0.4) is 0 Å². The number of alkyl halides is 3. The van der Waals surface area contributed by atoms with Gasteiger partial charge in [-0.05, 0) is 104 Å². The van der Waals surface area contributed by atoms with Crippen molar-refractivity contribution >= 4 is 59.1 Å². The van der Waals surface area contributed by atoms with Gasteiger partial charge in [0.15, 0.2) is 0 Å². The van der Waals surface area contributed by atoms with Crippen LogP contribution >= 0.6 is 47.8 Å². The highest BCUT2D eigenvalue weighted by atomic mass is 80.0. The quantitative estimate of drug-likeness (QED) is 0.641. The fraction of sp³-hybridized carbons (Fsp3) is 1.00. The summed E-state index contributed by atoms with van der Waals surface area (Å²) < 4.78 is 19.7. The summed E-state index contributed by atoms with van der Waals surface area (Å²) in [5.74, 6) is 2.51. The lowest BCUT2D eigenvalue weighted by molar-refractivity contribution is -0.00859. The number of hydrogen-bond donors (Lipinski definition) is 1. The van der Waals surface area contributed by atoms with Crippen LogP contribution < -0.4 is 4.72 Å². The van der Waals surface area contributed by atoms with Crippen molar-refractivity contribution in [1.82, 2.24) is 4.72 Å². The Morgan fingerprint density at radius 3 is 1.89 bits per heavy atom. The maximum absolute atomic E-state index is 12.0. The Labute approximate surface area is 135 Å². The van der Waals surface area contributed by atoms with Crippen LogP contribution in [0.4, 0.5) is 0 Å². The second kappa shape index (κ2) is 5.05. The van der Waals surface area contributed by atoms with Gasteiger partial charge in [0.1, 0.15) is 0 Å². The monoisotopic (exact) mass is 463 g/mol. The average Bonchev–Trinajstić information content (AvgIpc) is 2.09. The second-order valence-corrected chi connectivity index (χ2v) is 13.4. The van der Waals surface area contributed by atoms with E-state index in [0.717, 1.165) is 37.0 Å². The van der Waals surface area contributed by atoms with E-state index in [1.807, 2.05) is 0 Å². The molecule has 0 aromatic carbocycles. The van der Waals surface area contributed by atoms with Gasteiger partial charge in [-0.3, -0.25) is 0 Å². The minimum Gasteiger partial charge on any atom is -0.237 e. The molecule has 0 saturated heterocycles. The summed E-state index contributed by atoms with van der Waals surface area (Å²) in [7, 11) is 0. The molecule has 0 aliphatic heterocycles. The highest BCUT2D eigenvalue weighted by Crippen LogP contribution is 2.55. The molecule has 4 fully saturated rings. The van der Waals surface area contributed by atoms with Crippen molar-refractivity contribution < 1.29 is 8.39 Å². The first-order valence-corrected chi connectivity index (χ1v) is 9.75. The molecule has 0 spiro atoms. The predicted octanol–water partition coefficient (Wildman–Crippen LogP) is 3.94. The van der Waals surface area contributed by atoms with Gasteiger partial charge in [0.25, 0.3) is 0 Å². The molecule has 4 aliphatic rings. The van der Waals surface area contributed by atoms with E-state index in [1.165, 1.54) is 19.3 Å². The van der Waals surface area contributed by atoms with Crippen molar-refractivity contribution in [3.63, 3.8) is 0 Å². The number of halogens is 3. The van der Waals surface area contributed by atoms with Gasteiger partial charge in [0.2, 0.25) is 13.6 Å². The molecule has 1 unspecified atom stereocenters. The first-order chi connectivity index (χ1) is 8.34. The summed E-state index contributed by atoms with van der Waals surface area (Å²) in [5, 5.41) is 0. The Morgan fingerprint density at radius 1 is 1.06 bits per heavy atom. The smallest absolute Gasteiger partial charge is 0.237 e. The van der Waals surface area contributed by atoms with Crippen molar-refractivity contribution in [2.45, 2.75) is 46.4 Å². The third-order valence-corrected chi connectivity index (χ3v) is 6.64. The van der Waals surface area contributed by atoms with Crippen LogP contribution in [0.25, 0.3) is 0 Å². The van der Waals surface area contributed by atoms with E-state index in [0.29, 0.717) is 0 Å². The van der Waals surface area contributed by atoms with Crippen LogP contribution in [0.1, 0.15) is 38.5 Å². The largest absolute Gasteiger partial charge is 0.249 e. The maximum atomic E-state index is 12.0. The summed E-state index contributed by atoms with van der Waals surface area (Å²) in [4.78, 5) is 0. The third-order valence-electron chi connectivity index (χ3n) is 4.51. The Bertz CT molecular complexity index is 337. The zero-order valence-corrected chi connectivity index (χ0v) is 15.4. The molecule has 4 bridgehead atoms. The zero-order valence-electron chi connectivity index (χ0n) is 9.83. The van der Waals surface area contributed by atoms with Crippen LogP contribution in [-0.2, 0) is 15.4 Å². The molecule has 0 aromatic heterocycles.